The van der Waals surface area contributed by atoms with Crippen LogP contribution in [0.4, 0.5) is 5.69 Å². The molecular formula is C13H13N3O3. The first-order valence-corrected chi connectivity index (χ1v) is 5.55. The third-order valence-corrected chi connectivity index (χ3v) is 2.39. The van der Waals surface area contributed by atoms with Gasteiger partial charge in [-0.05, 0) is 30.7 Å². The van der Waals surface area contributed by atoms with Crippen LogP contribution in [0, 0.1) is 6.92 Å². The summed E-state index contributed by atoms with van der Waals surface area (Å²) in [6.07, 6.45) is 2.92. The fourth-order valence-corrected chi connectivity index (χ4v) is 1.57. The lowest BCUT2D eigenvalue weighted by Crippen LogP contribution is -2.14. The summed E-state index contributed by atoms with van der Waals surface area (Å²) < 4.78 is 10.3. The van der Waals surface area contributed by atoms with Crippen molar-refractivity contribution in [3.05, 3.63) is 42.0 Å². The fraction of sp³-hybridized carbons (Fsp3) is 0.154. The van der Waals surface area contributed by atoms with Crippen molar-refractivity contribution in [1.29, 1.82) is 0 Å². The second-order valence-electron chi connectivity index (χ2n) is 3.85. The van der Waals surface area contributed by atoms with Crippen LogP contribution in [0.2, 0.25) is 0 Å². The maximum absolute atomic E-state index is 11.9. The first-order valence-electron chi connectivity index (χ1n) is 5.55. The van der Waals surface area contributed by atoms with Crippen LogP contribution in [-0.4, -0.2) is 23.0 Å². The van der Waals surface area contributed by atoms with Crippen molar-refractivity contribution in [1.82, 2.24) is 9.97 Å². The number of rotatable bonds is 3. The lowest BCUT2D eigenvalue weighted by Gasteiger charge is -2.12. The van der Waals surface area contributed by atoms with Crippen LogP contribution in [0.1, 0.15) is 16.2 Å². The average Bonchev–Trinajstić information content (AvgIpc) is 2.42. The van der Waals surface area contributed by atoms with Crippen molar-refractivity contribution in [2.24, 2.45) is 0 Å². The van der Waals surface area contributed by atoms with E-state index in [1.165, 1.54) is 19.5 Å². The van der Waals surface area contributed by atoms with Gasteiger partial charge in [-0.2, -0.15) is 0 Å². The lowest BCUT2D eigenvalue weighted by molar-refractivity contribution is 0.0718. The molecule has 6 heteroatoms. The SMILES string of the molecule is COc1cc(C)cc(N)c1OC(=O)c1ncccn1. The molecule has 0 unspecified atom stereocenters. The van der Waals surface area contributed by atoms with Gasteiger partial charge in [0, 0.05) is 12.4 Å². The Morgan fingerprint density at radius 2 is 1.95 bits per heavy atom. The van der Waals surface area contributed by atoms with Gasteiger partial charge in [-0.25, -0.2) is 14.8 Å². The fourth-order valence-electron chi connectivity index (χ4n) is 1.57. The molecule has 1 aromatic heterocycles. The predicted molar refractivity (Wildman–Crippen MR) is 69.1 cm³/mol. The Labute approximate surface area is 110 Å². The Morgan fingerprint density at radius 3 is 2.58 bits per heavy atom. The minimum atomic E-state index is -0.686. The molecule has 1 aromatic carbocycles. The van der Waals surface area contributed by atoms with Crippen LogP contribution < -0.4 is 15.2 Å². The second kappa shape index (κ2) is 5.34. The molecule has 6 nitrogen and oxygen atoms in total. The minimum absolute atomic E-state index is 0.0375. The standard InChI is InChI=1S/C13H13N3O3/c1-8-6-9(14)11(10(7-8)18-2)19-13(17)12-15-4-3-5-16-12/h3-7H,14H2,1-2H3. The number of nitrogens with two attached hydrogens (primary N) is 1. The molecule has 0 fully saturated rings. The summed E-state index contributed by atoms with van der Waals surface area (Å²) in [5.74, 6) is -0.161. The monoisotopic (exact) mass is 259 g/mol. The first-order chi connectivity index (χ1) is 9.11. The smallest absolute Gasteiger partial charge is 0.381 e. The number of anilines is 1. The summed E-state index contributed by atoms with van der Waals surface area (Å²) in [5.41, 5.74) is 7.05. The van der Waals surface area contributed by atoms with Gasteiger partial charge in [0.1, 0.15) is 0 Å². The van der Waals surface area contributed by atoms with E-state index < -0.39 is 5.97 Å². The van der Waals surface area contributed by atoms with Crippen LogP contribution >= 0.6 is 0 Å². The van der Waals surface area contributed by atoms with Crippen molar-refractivity contribution < 1.29 is 14.3 Å². The number of hydrogen-bond donors (Lipinski definition) is 1. The highest BCUT2D eigenvalue weighted by Gasteiger charge is 2.17. The van der Waals surface area contributed by atoms with E-state index in [2.05, 4.69) is 9.97 Å². The van der Waals surface area contributed by atoms with E-state index in [0.29, 0.717) is 11.4 Å². The van der Waals surface area contributed by atoms with Gasteiger partial charge in [0.25, 0.3) is 0 Å². The topological polar surface area (TPSA) is 87.3 Å². The zero-order valence-electron chi connectivity index (χ0n) is 10.6. The second-order valence-corrected chi connectivity index (χ2v) is 3.85. The Bertz CT molecular complexity index is 600. The Kier molecular flexibility index (Phi) is 3.61. The zero-order valence-corrected chi connectivity index (χ0v) is 10.6. The number of carbonyl (C=O) groups is 1. The van der Waals surface area contributed by atoms with Crippen molar-refractivity contribution >= 4 is 11.7 Å². The van der Waals surface area contributed by atoms with Gasteiger partial charge in [-0.3, -0.25) is 0 Å². The predicted octanol–water partition coefficient (Wildman–Crippen LogP) is 1.60. The average molecular weight is 259 g/mol. The van der Waals surface area contributed by atoms with Gasteiger partial charge in [0.15, 0.2) is 11.5 Å². The van der Waals surface area contributed by atoms with Crippen molar-refractivity contribution in [2.45, 2.75) is 6.92 Å². The van der Waals surface area contributed by atoms with Crippen LogP contribution in [0.25, 0.3) is 0 Å². The van der Waals surface area contributed by atoms with E-state index in [9.17, 15) is 4.79 Å². The van der Waals surface area contributed by atoms with Crippen molar-refractivity contribution in [2.75, 3.05) is 12.8 Å². The summed E-state index contributed by atoms with van der Waals surface area (Å²) >= 11 is 0. The van der Waals surface area contributed by atoms with Gasteiger partial charge in [0.2, 0.25) is 5.82 Å². The molecule has 0 bridgehead atoms. The molecule has 2 rings (SSSR count). The summed E-state index contributed by atoms with van der Waals surface area (Å²) in [7, 11) is 1.48. The zero-order chi connectivity index (χ0) is 13.8. The first kappa shape index (κ1) is 12.8. The van der Waals surface area contributed by atoms with E-state index in [4.69, 9.17) is 15.2 Å². The highest BCUT2D eigenvalue weighted by Crippen LogP contribution is 2.35. The van der Waals surface area contributed by atoms with E-state index >= 15 is 0 Å². The van der Waals surface area contributed by atoms with Crippen LogP contribution in [0.3, 0.4) is 0 Å². The molecule has 0 aliphatic rings. The molecule has 0 saturated heterocycles. The Hall–Kier alpha value is -2.63. The quantitative estimate of drug-likeness (QED) is 0.511. The lowest BCUT2D eigenvalue weighted by atomic mass is 10.2. The third kappa shape index (κ3) is 2.79. The number of aryl methyl sites for hydroxylation is 1. The number of esters is 1. The van der Waals surface area contributed by atoms with E-state index in [1.807, 2.05) is 6.92 Å². The Balaban J connectivity index is 2.31. The number of nitrogen functional groups attached to an aromatic ring is 1. The van der Waals surface area contributed by atoms with Crippen molar-refractivity contribution in [3.63, 3.8) is 0 Å². The molecule has 19 heavy (non-hydrogen) atoms. The molecule has 0 aliphatic heterocycles. The number of methoxy groups -OCH3 is 1. The molecule has 0 saturated carbocycles. The van der Waals surface area contributed by atoms with Gasteiger partial charge < -0.3 is 15.2 Å². The normalized spacial score (nSPS) is 10.0. The van der Waals surface area contributed by atoms with Crippen LogP contribution in [0.15, 0.2) is 30.6 Å². The van der Waals surface area contributed by atoms with E-state index in [1.54, 1.807) is 18.2 Å². The van der Waals surface area contributed by atoms with Crippen molar-refractivity contribution in [3.8, 4) is 11.5 Å². The molecular weight excluding hydrogens is 246 g/mol. The molecule has 0 amide bonds. The molecule has 1 heterocycles. The van der Waals surface area contributed by atoms with Gasteiger partial charge in [0.05, 0.1) is 12.8 Å². The van der Waals surface area contributed by atoms with Gasteiger partial charge in [-0.1, -0.05) is 0 Å². The number of carbonyl (C=O) groups excluding carboxylic acids is 1. The van der Waals surface area contributed by atoms with Crippen LogP contribution in [-0.2, 0) is 0 Å². The highest BCUT2D eigenvalue weighted by molar-refractivity contribution is 5.88. The molecule has 0 radical (unpaired) electrons. The largest absolute Gasteiger partial charge is 0.493 e. The molecule has 0 aliphatic carbocycles. The summed E-state index contributed by atoms with van der Waals surface area (Å²) in [5, 5.41) is 0. The maximum atomic E-state index is 11.9. The molecule has 0 atom stereocenters. The number of nitrogens with zero attached hydrogens (tertiary/aromatic N) is 2. The number of hydrogen-bond acceptors (Lipinski definition) is 6. The number of aromatic nitrogens is 2. The minimum Gasteiger partial charge on any atom is -0.493 e. The van der Waals surface area contributed by atoms with E-state index in [-0.39, 0.29) is 11.6 Å². The molecule has 98 valence electrons. The maximum Gasteiger partial charge on any atom is 0.381 e. The van der Waals surface area contributed by atoms with Gasteiger partial charge in [-0.15, -0.1) is 0 Å². The van der Waals surface area contributed by atoms with Crippen LogP contribution in [0.5, 0.6) is 11.5 Å². The molecule has 2 N–H and O–H groups in total. The van der Waals surface area contributed by atoms with Gasteiger partial charge >= 0.3 is 5.97 Å². The summed E-state index contributed by atoms with van der Waals surface area (Å²) in [4.78, 5) is 19.5. The highest BCUT2D eigenvalue weighted by atomic mass is 16.6. The summed E-state index contributed by atoms with van der Waals surface area (Å²) in [6, 6.07) is 5.03. The van der Waals surface area contributed by atoms with E-state index in [0.717, 1.165) is 5.56 Å². The molecule has 0 spiro atoms. The summed E-state index contributed by atoms with van der Waals surface area (Å²) in [6.45, 7) is 1.87. The molecule has 2 aromatic rings. The number of benzene rings is 1. The number of ether oxygens (including phenoxy) is 2. The third-order valence-electron chi connectivity index (χ3n) is 2.39. The Morgan fingerprint density at radius 1 is 1.26 bits per heavy atom.